The molecule has 0 aromatic heterocycles. The molecule has 0 saturated heterocycles. The summed E-state index contributed by atoms with van der Waals surface area (Å²) in [4.78, 5) is 0. The molecule has 0 aliphatic rings. The second-order valence-corrected chi connectivity index (χ2v) is 4.43. The lowest BCUT2D eigenvalue weighted by Gasteiger charge is -2.12. The van der Waals surface area contributed by atoms with E-state index in [0.717, 1.165) is 21.4 Å². The third-order valence-electron chi connectivity index (χ3n) is 2.56. The van der Waals surface area contributed by atoms with Crippen LogP contribution in [-0.4, -0.2) is 5.11 Å². The summed E-state index contributed by atoms with van der Waals surface area (Å²) in [6, 6.07) is 9.28. The zero-order chi connectivity index (χ0) is 11.0. The average Bonchev–Trinajstić information content (AvgIpc) is 2.16. The first-order valence-corrected chi connectivity index (χ1v) is 5.38. The molecule has 0 aliphatic carbocycles. The molecule has 1 nitrogen and oxygen atoms in total. The zero-order valence-electron chi connectivity index (χ0n) is 8.79. The van der Waals surface area contributed by atoms with Gasteiger partial charge in [-0.25, -0.2) is 0 Å². The molecule has 1 N–H and O–H groups in total. The van der Waals surface area contributed by atoms with Crippen molar-refractivity contribution in [1.29, 1.82) is 0 Å². The maximum absolute atomic E-state index is 9.61. The summed E-state index contributed by atoms with van der Waals surface area (Å²) in [5.74, 6) is 0.646. The standard InChI is InChI=1S/C13H13ClO/c1-8(2)11-7-10(15)6-9-4-3-5-12(14)13(9)11/h3-8,15H,1-2H3. The molecule has 2 aromatic carbocycles. The van der Waals surface area contributed by atoms with E-state index in [2.05, 4.69) is 13.8 Å². The quantitative estimate of drug-likeness (QED) is 0.759. The van der Waals surface area contributed by atoms with E-state index in [0.29, 0.717) is 11.7 Å². The molecule has 0 unspecified atom stereocenters. The van der Waals surface area contributed by atoms with Crippen molar-refractivity contribution >= 4 is 22.4 Å². The van der Waals surface area contributed by atoms with Crippen LogP contribution in [0.2, 0.25) is 5.02 Å². The van der Waals surface area contributed by atoms with E-state index in [1.807, 2.05) is 18.2 Å². The molecule has 2 aromatic rings. The monoisotopic (exact) mass is 220 g/mol. The van der Waals surface area contributed by atoms with E-state index in [1.54, 1.807) is 12.1 Å². The fourth-order valence-electron chi connectivity index (χ4n) is 1.85. The summed E-state index contributed by atoms with van der Waals surface area (Å²) in [5, 5.41) is 12.4. The van der Waals surface area contributed by atoms with Crippen LogP contribution in [0.3, 0.4) is 0 Å². The van der Waals surface area contributed by atoms with Crippen LogP contribution in [0.1, 0.15) is 25.3 Å². The number of hydrogen-bond acceptors (Lipinski definition) is 1. The van der Waals surface area contributed by atoms with Gasteiger partial charge in [0.2, 0.25) is 0 Å². The Morgan fingerprint density at radius 3 is 2.60 bits per heavy atom. The van der Waals surface area contributed by atoms with E-state index < -0.39 is 0 Å². The third-order valence-corrected chi connectivity index (χ3v) is 2.88. The SMILES string of the molecule is CC(C)c1cc(O)cc2cccc(Cl)c12. The molecule has 15 heavy (non-hydrogen) atoms. The van der Waals surface area contributed by atoms with Crippen LogP contribution in [0.5, 0.6) is 5.75 Å². The Balaban J connectivity index is 2.88. The molecule has 2 heteroatoms. The van der Waals surface area contributed by atoms with Crippen LogP contribution >= 0.6 is 11.6 Å². The lowest BCUT2D eigenvalue weighted by atomic mass is 9.96. The number of halogens is 1. The minimum Gasteiger partial charge on any atom is -0.508 e. The largest absolute Gasteiger partial charge is 0.508 e. The fourth-order valence-corrected chi connectivity index (χ4v) is 2.14. The number of phenols is 1. The molecule has 0 spiro atoms. The molecule has 0 amide bonds. The molecule has 0 atom stereocenters. The van der Waals surface area contributed by atoms with E-state index >= 15 is 0 Å². The maximum Gasteiger partial charge on any atom is 0.116 e. The van der Waals surface area contributed by atoms with Gasteiger partial charge in [-0.3, -0.25) is 0 Å². The van der Waals surface area contributed by atoms with Gasteiger partial charge in [0.1, 0.15) is 5.75 Å². The zero-order valence-corrected chi connectivity index (χ0v) is 9.55. The van der Waals surface area contributed by atoms with E-state index in [4.69, 9.17) is 11.6 Å². The Bertz CT molecular complexity index is 503. The van der Waals surface area contributed by atoms with Gasteiger partial charge in [-0.05, 0) is 35.1 Å². The minimum atomic E-state index is 0.300. The van der Waals surface area contributed by atoms with E-state index in [9.17, 15) is 5.11 Å². The van der Waals surface area contributed by atoms with Crippen LogP contribution in [0.4, 0.5) is 0 Å². The highest BCUT2D eigenvalue weighted by molar-refractivity contribution is 6.35. The summed E-state index contributed by atoms with van der Waals surface area (Å²) in [6.45, 7) is 4.19. The third kappa shape index (κ3) is 1.80. The second-order valence-electron chi connectivity index (χ2n) is 4.03. The summed E-state index contributed by atoms with van der Waals surface area (Å²) in [5.41, 5.74) is 1.09. The second kappa shape index (κ2) is 3.74. The van der Waals surface area contributed by atoms with E-state index in [1.165, 1.54) is 0 Å². The number of fused-ring (bicyclic) bond motifs is 1. The molecule has 0 heterocycles. The predicted octanol–water partition coefficient (Wildman–Crippen LogP) is 4.32. The molecule has 2 rings (SSSR count). The van der Waals surface area contributed by atoms with Crippen LogP contribution in [-0.2, 0) is 0 Å². The van der Waals surface area contributed by atoms with Gasteiger partial charge < -0.3 is 5.11 Å². The summed E-state index contributed by atoms with van der Waals surface area (Å²) < 4.78 is 0. The Morgan fingerprint density at radius 2 is 1.93 bits per heavy atom. The molecule has 0 aliphatic heterocycles. The van der Waals surface area contributed by atoms with Crippen molar-refractivity contribution in [2.45, 2.75) is 19.8 Å². The Morgan fingerprint density at radius 1 is 1.20 bits per heavy atom. The number of phenolic OH excluding ortho intramolecular Hbond substituents is 1. The molecular weight excluding hydrogens is 208 g/mol. The van der Waals surface area contributed by atoms with Crippen LogP contribution in [0.15, 0.2) is 30.3 Å². The minimum absolute atomic E-state index is 0.300. The van der Waals surface area contributed by atoms with Crippen LogP contribution in [0, 0.1) is 0 Å². The van der Waals surface area contributed by atoms with Gasteiger partial charge in [0.15, 0.2) is 0 Å². The van der Waals surface area contributed by atoms with Crippen molar-refractivity contribution in [2.24, 2.45) is 0 Å². The first kappa shape index (κ1) is 10.3. The molecule has 0 saturated carbocycles. The Kier molecular flexibility index (Phi) is 2.57. The normalized spacial score (nSPS) is 11.2. The molecule has 0 fully saturated rings. The number of hydrogen-bond donors (Lipinski definition) is 1. The Labute approximate surface area is 94.3 Å². The van der Waals surface area contributed by atoms with Crippen molar-refractivity contribution in [3.63, 3.8) is 0 Å². The highest BCUT2D eigenvalue weighted by Crippen LogP contribution is 2.34. The number of aromatic hydroxyl groups is 1. The summed E-state index contributed by atoms with van der Waals surface area (Å²) in [6.07, 6.45) is 0. The van der Waals surface area contributed by atoms with Gasteiger partial charge in [-0.1, -0.05) is 37.6 Å². The lowest BCUT2D eigenvalue weighted by Crippen LogP contribution is -1.90. The van der Waals surface area contributed by atoms with Gasteiger partial charge in [0.25, 0.3) is 0 Å². The maximum atomic E-state index is 9.61. The fraction of sp³-hybridized carbons (Fsp3) is 0.231. The average molecular weight is 221 g/mol. The summed E-state index contributed by atoms with van der Waals surface area (Å²) in [7, 11) is 0. The highest BCUT2D eigenvalue weighted by atomic mass is 35.5. The molecule has 0 bridgehead atoms. The smallest absolute Gasteiger partial charge is 0.116 e. The topological polar surface area (TPSA) is 20.2 Å². The van der Waals surface area contributed by atoms with Crippen molar-refractivity contribution in [3.8, 4) is 5.75 Å². The first-order chi connectivity index (χ1) is 7.09. The summed E-state index contributed by atoms with van der Waals surface area (Å²) >= 11 is 6.18. The van der Waals surface area contributed by atoms with Gasteiger partial charge in [-0.15, -0.1) is 0 Å². The Hall–Kier alpha value is -1.21. The van der Waals surface area contributed by atoms with Gasteiger partial charge in [-0.2, -0.15) is 0 Å². The number of benzene rings is 2. The van der Waals surface area contributed by atoms with Crippen molar-refractivity contribution in [2.75, 3.05) is 0 Å². The van der Waals surface area contributed by atoms with Crippen molar-refractivity contribution < 1.29 is 5.11 Å². The van der Waals surface area contributed by atoms with Crippen molar-refractivity contribution in [1.82, 2.24) is 0 Å². The first-order valence-electron chi connectivity index (χ1n) is 5.00. The van der Waals surface area contributed by atoms with E-state index in [-0.39, 0.29) is 0 Å². The van der Waals surface area contributed by atoms with Crippen molar-refractivity contribution in [3.05, 3.63) is 40.9 Å². The van der Waals surface area contributed by atoms with Gasteiger partial charge in [0.05, 0.1) is 0 Å². The molecule has 78 valence electrons. The van der Waals surface area contributed by atoms with Gasteiger partial charge >= 0.3 is 0 Å². The highest BCUT2D eigenvalue weighted by Gasteiger charge is 2.09. The predicted molar refractivity (Wildman–Crippen MR) is 64.7 cm³/mol. The van der Waals surface area contributed by atoms with Crippen LogP contribution < -0.4 is 0 Å². The van der Waals surface area contributed by atoms with Gasteiger partial charge in [0, 0.05) is 10.4 Å². The molecule has 0 radical (unpaired) electrons. The molecular formula is C13H13ClO. The lowest BCUT2D eigenvalue weighted by molar-refractivity contribution is 0.475. The van der Waals surface area contributed by atoms with Crippen LogP contribution in [0.25, 0.3) is 10.8 Å². The number of rotatable bonds is 1.